The highest BCUT2D eigenvalue weighted by Crippen LogP contribution is 2.28. The number of fused-ring (bicyclic) bond motifs is 1. The van der Waals surface area contributed by atoms with Gasteiger partial charge in [-0.2, -0.15) is 0 Å². The highest BCUT2D eigenvalue weighted by Gasteiger charge is 2.27. The molecule has 1 aromatic carbocycles. The van der Waals surface area contributed by atoms with Crippen molar-refractivity contribution in [3.63, 3.8) is 0 Å². The quantitative estimate of drug-likeness (QED) is 0.312. The van der Waals surface area contributed by atoms with Gasteiger partial charge < -0.3 is 20.7 Å². The van der Waals surface area contributed by atoms with Crippen molar-refractivity contribution in [3.8, 4) is 0 Å². The first-order valence-corrected chi connectivity index (χ1v) is 15.8. The van der Waals surface area contributed by atoms with Crippen LogP contribution in [0.1, 0.15) is 62.9 Å². The molecule has 1 saturated heterocycles. The van der Waals surface area contributed by atoms with E-state index in [0.29, 0.717) is 44.2 Å². The molecule has 4 rings (SSSR count). The first-order chi connectivity index (χ1) is 19.8. The van der Waals surface area contributed by atoms with Crippen molar-refractivity contribution in [3.05, 3.63) is 40.9 Å². The fourth-order valence-electron chi connectivity index (χ4n) is 5.72. The lowest BCUT2D eigenvalue weighted by atomic mass is 9.84. The molecule has 1 aliphatic carbocycles. The second kappa shape index (κ2) is 15.4. The third-order valence-corrected chi connectivity index (χ3v) is 9.06. The Morgan fingerprint density at radius 3 is 2.61 bits per heavy atom. The predicted molar refractivity (Wildman–Crippen MR) is 163 cm³/mol. The van der Waals surface area contributed by atoms with E-state index in [9.17, 15) is 14.4 Å². The number of carbonyl (C=O) groups is 3. The van der Waals surface area contributed by atoms with Gasteiger partial charge in [0, 0.05) is 51.1 Å². The van der Waals surface area contributed by atoms with Crippen molar-refractivity contribution in [1.82, 2.24) is 25.8 Å². The lowest BCUT2D eigenvalue weighted by Gasteiger charge is -2.29. The Hall–Kier alpha value is -2.82. The molecule has 2 heterocycles. The van der Waals surface area contributed by atoms with Gasteiger partial charge in [0.05, 0.1) is 28.4 Å². The third kappa shape index (κ3) is 9.61. The van der Waals surface area contributed by atoms with Gasteiger partial charge in [-0.3, -0.25) is 19.3 Å². The number of morpholine rings is 1. The normalized spacial score (nSPS) is 18.0. The lowest BCUT2D eigenvalue weighted by molar-refractivity contribution is -0.128. The van der Waals surface area contributed by atoms with E-state index >= 15 is 0 Å². The number of hydrogen-bond donors (Lipinski definition) is 3. The number of aryl methyl sites for hydroxylation is 1. The molecule has 0 radical (unpaired) electrons. The van der Waals surface area contributed by atoms with Gasteiger partial charge in [0.25, 0.3) is 0 Å². The van der Waals surface area contributed by atoms with Gasteiger partial charge in [0.2, 0.25) is 17.7 Å². The molecule has 1 aromatic heterocycles. The second-order valence-corrected chi connectivity index (χ2v) is 12.5. The van der Waals surface area contributed by atoms with E-state index in [1.165, 1.54) is 31.7 Å². The number of amides is 3. The van der Waals surface area contributed by atoms with E-state index in [2.05, 4.69) is 46.5 Å². The fourth-order valence-corrected chi connectivity index (χ4v) is 6.79. The van der Waals surface area contributed by atoms with Gasteiger partial charge in [-0.05, 0) is 36.5 Å². The molecule has 1 aliphatic heterocycles. The van der Waals surface area contributed by atoms with Gasteiger partial charge >= 0.3 is 0 Å². The summed E-state index contributed by atoms with van der Waals surface area (Å²) in [4.78, 5) is 45.5. The third-order valence-electron chi connectivity index (χ3n) is 8.02. The van der Waals surface area contributed by atoms with Crippen molar-refractivity contribution in [2.24, 2.45) is 5.92 Å². The summed E-state index contributed by atoms with van der Waals surface area (Å²) in [5, 5.41) is 9.82. The van der Waals surface area contributed by atoms with Crippen LogP contribution in [0.4, 0.5) is 0 Å². The van der Waals surface area contributed by atoms with Crippen LogP contribution in [0.5, 0.6) is 0 Å². The molecule has 0 bridgehead atoms. The minimum Gasteiger partial charge on any atom is -0.379 e. The number of aromatic nitrogens is 1. The molecule has 0 unspecified atom stereocenters. The maximum Gasteiger partial charge on any atom is 0.247 e. The van der Waals surface area contributed by atoms with Crippen molar-refractivity contribution in [2.45, 2.75) is 77.3 Å². The van der Waals surface area contributed by atoms with Gasteiger partial charge in [-0.25, -0.2) is 4.98 Å². The Bertz CT molecular complexity index is 1200. The van der Waals surface area contributed by atoms with Gasteiger partial charge in [-0.1, -0.05) is 51.7 Å². The maximum absolute atomic E-state index is 13.6. The molecular formula is C31H45N5O4S. The van der Waals surface area contributed by atoms with Crippen LogP contribution in [0.2, 0.25) is 0 Å². The molecule has 2 atom stereocenters. The SMILES string of the molecule is C=C(CN1CCOCC1)C(=O)NC[C@H](CC1CCCCC1)NC(=O)[C@H](Cc1nc2ccc(CC)cc2s1)NC(C)=O. The summed E-state index contributed by atoms with van der Waals surface area (Å²) < 4.78 is 6.47. The van der Waals surface area contributed by atoms with Crippen molar-refractivity contribution < 1.29 is 19.1 Å². The summed E-state index contributed by atoms with van der Waals surface area (Å²) in [5.74, 6) is -0.218. The average Bonchev–Trinajstić information content (AvgIpc) is 3.37. The van der Waals surface area contributed by atoms with Crippen LogP contribution >= 0.6 is 11.3 Å². The van der Waals surface area contributed by atoms with Crippen LogP contribution in [0.25, 0.3) is 10.2 Å². The molecular weight excluding hydrogens is 538 g/mol. The molecule has 10 heteroatoms. The largest absolute Gasteiger partial charge is 0.379 e. The number of nitrogens with zero attached hydrogens (tertiary/aromatic N) is 2. The summed E-state index contributed by atoms with van der Waals surface area (Å²) in [6.45, 7) is 11.3. The molecule has 0 spiro atoms. The number of benzene rings is 1. The van der Waals surface area contributed by atoms with Crippen LogP contribution in [0.3, 0.4) is 0 Å². The van der Waals surface area contributed by atoms with Gasteiger partial charge in [-0.15, -0.1) is 11.3 Å². The van der Waals surface area contributed by atoms with Crippen LogP contribution < -0.4 is 16.0 Å². The van der Waals surface area contributed by atoms with E-state index in [-0.39, 0.29) is 23.8 Å². The van der Waals surface area contributed by atoms with Gasteiger partial charge in [0.15, 0.2) is 0 Å². The zero-order chi connectivity index (χ0) is 29.2. The molecule has 2 aromatic rings. The van der Waals surface area contributed by atoms with E-state index in [4.69, 9.17) is 9.72 Å². The Kier molecular flexibility index (Phi) is 11.7. The Morgan fingerprint density at radius 1 is 1.15 bits per heavy atom. The van der Waals surface area contributed by atoms with E-state index in [1.807, 2.05) is 6.07 Å². The Labute approximate surface area is 247 Å². The maximum atomic E-state index is 13.6. The van der Waals surface area contributed by atoms with Gasteiger partial charge in [0.1, 0.15) is 6.04 Å². The van der Waals surface area contributed by atoms with Crippen molar-refractivity contribution in [1.29, 1.82) is 0 Å². The van der Waals surface area contributed by atoms with E-state index < -0.39 is 6.04 Å². The minimum absolute atomic E-state index is 0.196. The summed E-state index contributed by atoms with van der Waals surface area (Å²) in [7, 11) is 0. The monoisotopic (exact) mass is 583 g/mol. The first kappa shape index (κ1) is 31.1. The number of rotatable bonds is 13. The zero-order valence-corrected chi connectivity index (χ0v) is 25.3. The molecule has 9 nitrogen and oxygen atoms in total. The molecule has 1 saturated carbocycles. The number of thiazole rings is 1. The minimum atomic E-state index is -0.750. The van der Waals surface area contributed by atoms with Crippen LogP contribution in [0, 0.1) is 5.92 Å². The van der Waals surface area contributed by atoms with E-state index in [1.54, 1.807) is 11.3 Å². The standard InChI is InChI=1S/C31H45N5O4S/c1-4-23-10-11-26-28(17-23)41-29(35-26)18-27(33-22(3)37)31(39)34-25(16-24-8-6-5-7-9-24)19-32-30(38)21(2)20-36-12-14-40-15-13-36/h10-11,17,24-25,27H,2,4-9,12-16,18-20H2,1,3H3,(H,32,38)(H,33,37)(H,34,39)/t25-,27-/m0/s1. The predicted octanol–water partition coefficient (Wildman–Crippen LogP) is 3.37. The zero-order valence-electron chi connectivity index (χ0n) is 24.5. The van der Waals surface area contributed by atoms with E-state index in [0.717, 1.165) is 54.0 Å². The molecule has 3 amide bonds. The molecule has 41 heavy (non-hydrogen) atoms. The molecule has 2 aliphatic rings. The van der Waals surface area contributed by atoms with Crippen LogP contribution in [-0.2, 0) is 32.0 Å². The summed E-state index contributed by atoms with van der Waals surface area (Å²) >= 11 is 1.56. The van der Waals surface area contributed by atoms with Crippen LogP contribution in [0.15, 0.2) is 30.4 Å². The average molecular weight is 584 g/mol. The lowest BCUT2D eigenvalue weighted by Crippen LogP contribution is -2.53. The molecule has 3 N–H and O–H groups in total. The Morgan fingerprint density at radius 2 is 1.90 bits per heavy atom. The number of hydrogen-bond acceptors (Lipinski definition) is 7. The van der Waals surface area contributed by atoms with Crippen molar-refractivity contribution in [2.75, 3.05) is 39.4 Å². The Balaban J connectivity index is 1.41. The van der Waals surface area contributed by atoms with Crippen LogP contribution in [-0.4, -0.2) is 79.1 Å². The molecule has 224 valence electrons. The topological polar surface area (TPSA) is 113 Å². The van der Waals surface area contributed by atoms with Crippen molar-refractivity contribution >= 4 is 39.3 Å². The first-order valence-electron chi connectivity index (χ1n) is 15.0. The molecule has 2 fully saturated rings. The number of ether oxygens (including phenoxy) is 1. The number of carbonyl (C=O) groups excluding carboxylic acids is 3. The fraction of sp³-hybridized carbons (Fsp3) is 0.613. The smallest absolute Gasteiger partial charge is 0.247 e. The summed E-state index contributed by atoms with van der Waals surface area (Å²) in [6.07, 6.45) is 7.94. The summed E-state index contributed by atoms with van der Waals surface area (Å²) in [5.41, 5.74) is 2.65. The summed E-state index contributed by atoms with van der Waals surface area (Å²) in [6, 6.07) is 5.23. The highest BCUT2D eigenvalue weighted by atomic mass is 32.1. The number of nitrogens with one attached hydrogen (secondary N) is 3. The highest BCUT2D eigenvalue weighted by molar-refractivity contribution is 7.18. The second-order valence-electron chi connectivity index (χ2n) is 11.4.